The van der Waals surface area contributed by atoms with Gasteiger partial charge in [0.25, 0.3) is 0 Å². The van der Waals surface area contributed by atoms with Crippen molar-refractivity contribution in [1.29, 1.82) is 0 Å². The van der Waals surface area contributed by atoms with E-state index in [2.05, 4.69) is 16.0 Å². The zero-order chi connectivity index (χ0) is 30.0. The van der Waals surface area contributed by atoms with E-state index in [1.54, 1.807) is 38.1 Å². The van der Waals surface area contributed by atoms with Gasteiger partial charge in [0.2, 0.25) is 17.7 Å². The summed E-state index contributed by atoms with van der Waals surface area (Å²) in [5, 5.41) is 36.6. The lowest BCUT2D eigenvalue weighted by molar-refractivity contribution is -0.143. The Labute approximate surface area is 234 Å². The fraction of sp³-hybridized carbons (Fsp3) is 0.448. The molecular formula is C29H40N4O7. The van der Waals surface area contributed by atoms with Gasteiger partial charge in [-0.1, -0.05) is 52.0 Å². The molecule has 0 saturated heterocycles. The number of nitrogens with one attached hydrogen (secondary N) is 3. The Kier molecular flexibility index (Phi) is 11.9. The zero-order valence-electron chi connectivity index (χ0n) is 23.3. The molecule has 0 spiro atoms. The number of carbonyl (C=O) groups is 4. The predicted octanol–water partition coefficient (Wildman–Crippen LogP) is 1.45. The Morgan fingerprint density at radius 2 is 1.10 bits per heavy atom. The summed E-state index contributed by atoms with van der Waals surface area (Å²) in [4.78, 5) is 51.4. The topological polar surface area (TPSA) is 191 Å². The van der Waals surface area contributed by atoms with Gasteiger partial charge in [0.1, 0.15) is 29.6 Å². The van der Waals surface area contributed by atoms with Gasteiger partial charge in [0.15, 0.2) is 0 Å². The van der Waals surface area contributed by atoms with Crippen LogP contribution in [0.1, 0.15) is 45.2 Å². The number of nitrogens with two attached hydrogens (primary N) is 1. The summed E-state index contributed by atoms with van der Waals surface area (Å²) < 4.78 is 0. The second-order valence-corrected chi connectivity index (χ2v) is 10.7. The van der Waals surface area contributed by atoms with Crippen LogP contribution in [-0.4, -0.2) is 63.2 Å². The fourth-order valence-corrected chi connectivity index (χ4v) is 4.09. The number of phenolic OH excluding ortho intramolecular Hbond substituents is 2. The average Bonchev–Trinajstić information content (AvgIpc) is 2.87. The molecule has 0 saturated carbocycles. The molecule has 0 bridgehead atoms. The predicted molar refractivity (Wildman–Crippen MR) is 149 cm³/mol. The van der Waals surface area contributed by atoms with Gasteiger partial charge < -0.3 is 37.0 Å². The summed E-state index contributed by atoms with van der Waals surface area (Å²) in [5.74, 6) is -3.34. The Hall–Kier alpha value is -4.12. The van der Waals surface area contributed by atoms with E-state index >= 15 is 0 Å². The van der Waals surface area contributed by atoms with Crippen LogP contribution in [0, 0.1) is 11.8 Å². The zero-order valence-corrected chi connectivity index (χ0v) is 23.3. The third kappa shape index (κ3) is 10.2. The highest BCUT2D eigenvalue weighted by molar-refractivity contribution is 5.94. The minimum Gasteiger partial charge on any atom is -0.508 e. The highest BCUT2D eigenvalue weighted by Crippen LogP contribution is 2.14. The van der Waals surface area contributed by atoms with Gasteiger partial charge in [0, 0.05) is 12.8 Å². The van der Waals surface area contributed by atoms with E-state index in [9.17, 15) is 34.5 Å². The first-order chi connectivity index (χ1) is 18.8. The lowest BCUT2D eigenvalue weighted by atomic mass is 9.99. The van der Waals surface area contributed by atoms with Gasteiger partial charge >= 0.3 is 5.97 Å². The molecule has 0 fully saturated rings. The minimum atomic E-state index is -1.21. The highest BCUT2D eigenvalue weighted by Gasteiger charge is 2.31. The molecule has 11 heteroatoms. The Morgan fingerprint density at radius 3 is 1.48 bits per heavy atom. The second kappa shape index (κ2) is 14.9. The van der Waals surface area contributed by atoms with Gasteiger partial charge in [-0.2, -0.15) is 0 Å². The smallest absolute Gasteiger partial charge is 0.326 e. The molecule has 2 aromatic carbocycles. The molecule has 8 N–H and O–H groups in total. The maximum absolute atomic E-state index is 13.6. The van der Waals surface area contributed by atoms with Crippen LogP contribution in [0.2, 0.25) is 0 Å². The summed E-state index contributed by atoms with van der Waals surface area (Å²) >= 11 is 0. The summed E-state index contributed by atoms with van der Waals surface area (Å²) in [6.45, 7) is 7.14. The molecule has 0 heterocycles. The summed E-state index contributed by atoms with van der Waals surface area (Å²) in [6, 6.07) is 7.81. The van der Waals surface area contributed by atoms with Gasteiger partial charge in [-0.25, -0.2) is 4.79 Å². The molecule has 11 nitrogen and oxygen atoms in total. The van der Waals surface area contributed by atoms with Crippen LogP contribution >= 0.6 is 0 Å². The van der Waals surface area contributed by atoms with E-state index in [-0.39, 0.29) is 30.3 Å². The molecule has 40 heavy (non-hydrogen) atoms. The summed E-state index contributed by atoms with van der Waals surface area (Å²) in [7, 11) is 0. The van der Waals surface area contributed by atoms with Crippen LogP contribution in [-0.2, 0) is 32.0 Å². The lowest BCUT2D eigenvalue weighted by Gasteiger charge is -2.26. The van der Waals surface area contributed by atoms with E-state index in [1.807, 2.05) is 13.8 Å². The molecule has 0 aliphatic heterocycles. The normalized spacial score (nSPS) is 14.2. The maximum atomic E-state index is 13.6. The average molecular weight is 557 g/mol. The van der Waals surface area contributed by atoms with Crippen LogP contribution in [0.3, 0.4) is 0 Å². The molecule has 0 aromatic heterocycles. The van der Waals surface area contributed by atoms with Crippen molar-refractivity contribution >= 4 is 23.7 Å². The van der Waals surface area contributed by atoms with E-state index in [0.29, 0.717) is 17.5 Å². The molecule has 2 aromatic rings. The number of carboxylic acid groups (broad SMARTS) is 1. The van der Waals surface area contributed by atoms with Crippen molar-refractivity contribution in [3.05, 3.63) is 59.7 Å². The standard InChI is InChI=1S/C29H40N4O7/c1-16(2)13-22(30)26(36)31-23(14-18-5-9-20(34)10-6-18)27(37)32-24(15-19-7-11-21(35)12-8-19)28(38)33-25(17(3)4)29(39)40/h5-12,16-17,22-25,34-35H,13-15,30H2,1-4H3,(H,31,36)(H,32,37)(H,33,38)(H,39,40). The monoisotopic (exact) mass is 556 g/mol. The van der Waals surface area contributed by atoms with Crippen LogP contribution in [0.5, 0.6) is 11.5 Å². The second-order valence-electron chi connectivity index (χ2n) is 10.7. The third-order valence-corrected chi connectivity index (χ3v) is 6.31. The van der Waals surface area contributed by atoms with Gasteiger partial charge in [-0.3, -0.25) is 14.4 Å². The summed E-state index contributed by atoms with van der Waals surface area (Å²) in [6.07, 6.45) is 0.440. The van der Waals surface area contributed by atoms with Crippen molar-refractivity contribution in [2.75, 3.05) is 0 Å². The van der Waals surface area contributed by atoms with Gasteiger partial charge in [0.05, 0.1) is 6.04 Å². The van der Waals surface area contributed by atoms with Crippen LogP contribution in [0.25, 0.3) is 0 Å². The SMILES string of the molecule is CC(C)CC(N)C(=O)NC(Cc1ccc(O)cc1)C(=O)NC(Cc1ccc(O)cc1)C(=O)NC(C(=O)O)C(C)C. The Morgan fingerprint density at radius 1 is 0.700 bits per heavy atom. The lowest BCUT2D eigenvalue weighted by Crippen LogP contribution is -2.58. The largest absolute Gasteiger partial charge is 0.508 e. The highest BCUT2D eigenvalue weighted by atomic mass is 16.4. The number of benzene rings is 2. The van der Waals surface area contributed by atoms with Gasteiger partial charge in [-0.15, -0.1) is 0 Å². The van der Waals surface area contributed by atoms with Crippen molar-refractivity contribution in [2.24, 2.45) is 17.6 Å². The number of carbonyl (C=O) groups excluding carboxylic acids is 3. The van der Waals surface area contributed by atoms with E-state index < -0.39 is 53.8 Å². The molecule has 4 atom stereocenters. The molecule has 0 radical (unpaired) electrons. The minimum absolute atomic E-state index is 0.00493. The summed E-state index contributed by atoms with van der Waals surface area (Å²) in [5.41, 5.74) is 7.28. The molecule has 0 aliphatic rings. The van der Waals surface area contributed by atoms with E-state index in [1.165, 1.54) is 24.3 Å². The fourth-order valence-electron chi connectivity index (χ4n) is 4.09. The first-order valence-corrected chi connectivity index (χ1v) is 13.2. The Balaban J connectivity index is 2.34. The Bertz CT molecular complexity index is 1150. The molecular weight excluding hydrogens is 516 g/mol. The number of hydrogen-bond donors (Lipinski definition) is 7. The molecule has 3 amide bonds. The third-order valence-electron chi connectivity index (χ3n) is 6.31. The van der Waals surface area contributed by atoms with Crippen LogP contribution < -0.4 is 21.7 Å². The molecule has 218 valence electrons. The van der Waals surface area contributed by atoms with Crippen molar-refractivity contribution in [3.8, 4) is 11.5 Å². The number of hydrogen-bond acceptors (Lipinski definition) is 7. The maximum Gasteiger partial charge on any atom is 0.326 e. The van der Waals surface area contributed by atoms with Crippen molar-refractivity contribution < 1.29 is 34.5 Å². The van der Waals surface area contributed by atoms with Crippen molar-refractivity contribution in [1.82, 2.24) is 16.0 Å². The van der Waals surface area contributed by atoms with Crippen LogP contribution in [0.4, 0.5) is 0 Å². The number of aromatic hydroxyl groups is 2. The molecule has 4 unspecified atom stereocenters. The number of carboxylic acids is 1. The van der Waals surface area contributed by atoms with Crippen LogP contribution in [0.15, 0.2) is 48.5 Å². The number of phenols is 2. The first-order valence-electron chi connectivity index (χ1n) is 13.2. The number of aliphatic carboxylic acids is 1. The number of amides is 3. The molecule has 2 rings (SSSR count). The number of rotatable bonds is 14. The molecule has 0 aliphatic carbocycles. The van der Waals surface area contributed by atoms with E-state index in [0.717, 1.165) is 0 Å². The first kappa shape index (κ1) is 32.1. The van der Waals surface area contributed by atoms with Crippen molar-refractivity contribution in [3.63, 3.8) is 0 Å². The van der Waals surface area contributed by atoms with E-state index in [4.69, 9.17) is 5.73 Å². The van der Waals surface area contributed by atoms with Crippen molar-refractivity contribution in [2.45, 2.75) is 71.1 Å². The quantitative estimate of drug-likeness (QED) is 0.182. The van der Waals surface area contributed by atoms with Gasteiger partial charge in [-0.05, 0) is 53.6 Å².